The zero-order chi connectivity index (χ0) is 11.1. The zero-order valence-electron chi connectivity index (χ0n) is 9.53. The number of nitrogens with zero attached hydrogens (tertiary/aromatic N) is 2. The number of fused-ring (bicyclic) bond motifs is 1. The standard InChI is InChI=1S/C11H17N3O2/c1-13-4-2-8(3-5-13)14-11(15)9-6-16-7-10(9)12-14/h8,12H,2-7H2,1H3. The summed E-state index contributed by atoms with van der Waals surface area (Å²) < 4.78 is 7.06. The Kier molecular flexibility index (Phi) is 2.37. The van der Waals surface area contributed by atoms with Gasteiger partial charge in [-0.1, -0.05) is 0 Å². The lowest BCUT2D eigenvalue weighted by Crippen LogP contribution is -2.35. The number of H-pyrrole nitrogens is 1. The highest BCUT2D eigenvalue weighted by Crippen LogP contribution is 2.22. The fourth-order valence-corrected chi connectivity index (χ4v) is 2.57. The average molecular weight is 223 g/mol. The maximum absolute atomic E-state index is 12.1. The SMILES string of the molecule is CN1CCC(n2[nH]c3c(c2=O)COC3)CC1. The van der Waals surface area contributed by atoms with E-state index in [2.05, 4.69) is 17.0 Å². The first-order chi connectivity index (χ1) is 7.75. The Morgan fingerprint density at radius 1 is 1.31 bits per heavy atom. The summed E-state index contributed by atoms with van der Waals surface area (Å²) in [5, 5.41) is 3.21. The van der Waals surface area contributed by atoms with E-state index in [1.54, 1.807) is 0 Å². The van der Waals surface area contributed by atoms with Crippen LogP contribution in [0.25, 0.3) is 0 Å². The lowest BCUT2D eigenvalue weighted by atomic mass is 10.1. The van der Waals surface area contributed by atoms with Crippen LogP contribution in [0.3, 0.4) is 0 Å². The second-order valence-corrected chi connectivity index (χ2v) is 4.77. The van der Waals surface area contributed by atoms with E-state index in [-0.39, 0.29) is 5.56 Å². The van der Waals surface area contributed by atoms with E-state index >= 15 is 0 Å². The highest BCUT2D eigenvalue weighted by Gasteiger charge is 2.25. The minimum atomic E-state index is 0.127. The molecule has 0 saturated carbocycles. The molecular formula is C11H17N3O2. The van der Waals surface area contributed by atoms with Gasteiger partial charge in [0.2, 0.25) is 0 Å². The first-order valence-electron chi connectivity index (χ1n) is 5.84. The average Bonchev–Trinajstić information content (AvgIpc) is 2.84. The lowest BCUT2D eigenvalue weighted by Gasteiger charge is -2.29. The van der Waals surface area contributed by atoms with Gasteiger partial charge < -0.3 is 9.64 Å². The molecule has 88 valence electrons. The Balaban J connectivity index is 1.87. The minimum Gasteiger partial charge on any atom is -0.370 e. The Morgan fingerprint density at radius 3 is 2.75 bits per heavy atom. The fraction of sp³-hybridized carbons (Fsp3) is 0.727. The smallest absolute Gasteiger partial charge is 0.272 e. The predicted octanol–water partition coefficient (Wildman–Crippen LogP) is 0.473. The summed E-state index contributed by atoms with van der Waals surface area (Å²) in [4.78, 5) is 14.4. The van der Waals surface area contributed by atoms with Gasteiger partial charge in [0.05, 0.1) is 30.5 Å². The van der Waals surface area contributed by atoms with Crippen LogP contribution in [0.2, 0.25) is 0 Å². The Hall–Kier alpha value is -1.07. The van der Waals surface area contributed by atoms with Crippen molar-refractivity contribution in [2.75, 3.05) is 20.1 Å². The van der Waals surface area contributed by atoms with Gasteiger partial charge in [0, 0.05) is 0 Å². The Labute approximate surface area is 94.0 Å². The van der Waals surface area contributed by atoms with Crippen molar-refractivity contribution in [2.45, 2.75) is 32.1 Å². The van der Waals surface area contributed by atoms with E-state index in [0.29, 0.717) is 19.3 Å². The molecule has 0 bridgehead atoms. The summed E-state index contributed by atoms with van der Waals surface area (Å²) in [6, 6.07) is 0.342. The van der Waals surface area contributed by atoms with Crippen molar-refractivity contribution < 1.29 is 4.74 Å². The quantitative estimate of drug-likeness (QED) is 0.753. The summed E-state index contributed by atoms with van der Waals surface area (Å²) in [7, 11) is 2.13. The highest BCUT2D eigenvalue weighted by atomic mass is 16.5. The highest BCUT2D eigenvalue weighted by molar-refractivity contribution is 5.19. The van der Waals surface area contributed by atoms with Gasteiger partial charge in [-0.2, -0.15) is 0 Å². The number of aromatic nitrogens is 2. The van der Waals surface area contributed by atoms with Gasteiger partial charge in [-0.15, -0.1) is 0 Å². The monoisotopic (exact) mass is 223 g/mol. The van der Waals surface area contributed by atoms with Crippen LogP contribution >= 0.6 is 0 Å². The van der Waals surface area contributed by atoms with Crippen molar-refractivity contribution in [3.05, 3.63) is 21.6 Å². The first kappa shape index (κ1) is 10.1. The number of likely N-dealkylation sites (tertiary alicyclic amines) is 1. The molecule has 16 heavy (non-hydrogen) atoms. The van der Waals surface area contributed by atoms with Crippen molar-refractivity contribution in [3.63, 3.8) is 0 Å². The molecule has 0 aromatic carbocycles. The second-order valence-electron chi connectivity index (χ2n) is 4.77. The topological polar surface area (TPSA) is 50.3 Å². The van der Waals surface area contributed by atoms with Gasteiger partial charge in [-0.3, -0.25) is 9.89 Å². The van der Waals surface area contributed by atoms with E-state index < -0.39 is 0 Å². The molecule has 0 atom stereocenters. The normalized spacial score (nSPS) is 22.6. The van der Waals surface area contributed by atoms with Crippen LogP contribution in [-0.4, -0.2) is 34.8 Å². The van der Waals surface area contributed by atoms with Crippen molar-refractivity contribution in [3.8, 4) is 0 Å². The number of hydrogen-bond acceptors (Lipinski definition) is 3. The lowest BCUT2D eigenvalue weighted by molar-refractivity contribution is 0.128. The molecule has 1 N–H and O–H groups in total. The van der Waals surface area contributed by atoms with Gasteiger partial charge >= 0.3 is 0 Å². The molecule has 0 radical (unpaired) electrons. The van der Waals surface area contributed by atoms with Crippen LogP contribution < -0.4 is 5.56 Å². The molecule has 3 heterocycles. The number of ether oxygens (including phenoxy) is 1. The molecule has 0 spiro atoms. The molecule has 0 amide bonds. The van der Waals surface area contributed by atoms with Crippen LogP contribution in [-0.2, 0) is 18.0 Å². The minimum absolute atomic E-state index is 0.127. The van der Waals surface area contributed by atoms with Crippen molar-refractivity contribution in [1.29, 1.82) is 0 Å². The largest absolute Gasteiger partial charge is 0.370 e. The molecule has 2 aliphatic rings. The van der Waals surface area contributed by atoms with Crippen LogP contribution in [0.1, 0.15) is 30.1 Å². The van der Waals surface area contributed by atoms with E-state index in [9.17, 15) is 4.79 Å². The Morgan fingerprint density at radius 2 is 2.06 bits per heavy atom. The summed E-state index contributed by atoms with van der Waals surface area (Å²) in [6.07, 6.45) is 2.10. The number of nitrogens with one attached hydrogen (secondary N) is 1. The van der Waals surface area contributed by atoms with Gasteiger partial charge in [-0.05, 0) is 33.0 Å². The van der Waals surface area contributed by atoms with Crippen molar-refractivity contribution in [1.82, 2.24) is 14.7 Å². The third kappa shape index (κ3) is 1.51. The molecule has 1 aromatic heterocycles. The van der Waals surface area contributed by atoms with Crippen molar-refractivity contribution >= 4 is 0 Å². The van der Waals surface area contributed by atoms with Gasteiger partial charge in [0.1, 0.15) is 0 Å². The van der Waals surface area contributed by atoms with E-state index in [4.69, 9.17) is 4.74 Å². The molecule has 1 fully saturated rings. The zero-order valence-corrected chi connectivity index (χ0v) is 9.53. The molecule has 0 aliphatic carbocycles. The molecule has 5 nitrogen and oxygen atoms in total. The van der Waals surface area contributed by atoms with Crippen LogP contribution in [0.4, 0.5) is 0 Å². The predicted molar refractivity (Wildman–Crippen MR) is 59.3 cm³/mol. The summed E-state index contributed by atoms with van der Waals surface area (Å²) in [5.41, 5.74) is 1.94. The molecule has 2 aliphatic heterocycles. The fourth-order valence-electron chi connectivity index (χ4n) is 2.57. The van der Waals surface area contributed by atoms with E-state index in [0.717, 1.165) is 37.2 Å². The molecular weight excluding hydrogens is 206 g/mol. The number of aromatic amines is 1. The summed E-state index contributed by atoms with van der Waals surface area (Å²) >= 11 is 0. The number of rotatable bonds is 1. The summed E-state index contributed by atoms with van der Waals surface area (Å²) in [6.45, 7) is 3.17. The van der Waals surface area contributed by atoms with Crippen LogP contribution in [0.5, 0.6) is 0 Å². The van der Waals surface area contributed by atoms with E-state index in [1.165, 1.54) is 0 Å². The van der Waals surface area contributed by atoms with Gasteiger partial charge in [-0.25, -0.2) is 4.68 Å². The maximum atomic E-state index is 12.1. The van der Waals surface area contributed by atoms with Gasteiger partial charge in [0.25, 0.3) is 5.56 Å². The first-order valence-corrected chi connectivity index (χ1v) is 5.84. The van der Waals surface area contributed by atoms with Gasteiger partial charge in [0.15, 0.2) is 0 Å². The molecule has 1 saturated heterocycles. The number of piperidine rings is 1. The summed E-state index contributed by atoms with van der Waals surface area (Å²) in [5.74, 6) is 0. The van der Waals surface area contributed by atoms with Crippen molar-refractivity contribution in [2.24, 2.45) is 0 Å². The second kappa shape index (κ2) is 3.75. The number of hydrogen-bond donors (Lipinski definition) is 1. The van der Waals surface area contributed by atoms with Crippen LogP contribution in [0, 0.1) is 0 Å². The Bertz CT molecular complexity index is 441. The third-order valence-electron chi connectivity index (χ3n) is 3.64. The van der Waals surface area contributed by atoms with E-state index in [1.807, 2.05) is 4.68 Å². The molecule has 5 heteroatoms. The third-order valence-corrected chi connectivity index (χ3v) is 3.64. The van der Waals surface area contributed by atoms with Crippen LogP contribution in [0.15, 0.2) is 4.79 Å². The molecule has 1 aromatic rings. The molecule has 0 unspecified atom stereocenters. The maximum Gasteiger partial charge on any atom is 0.272 e. The molecule has 3 rings (SSSR count).